The van der Waals surface area contributed by atoms with Crippen LogP contribution in [-0.2, 0) is 17.6 Å². The summed E-state index contributed by atoms with van der Waals surface area (Å²) in [5.74, 6) is 0.485. The van der Waals surface area contributed by atoms with Gasteiger partial charge in [-0.1, -0.05) is 45.0 Å². The summed E-state index contributed by atoms with van der Waals surface area (Å²) in [6, 6.07) is 8.28. The minimum absolute atomic E-state index is 0.00904. The van der Waals surface area contributed by atoms with Crippen LogP contribution in [0.4, 0.5) is 0 Å². The highest BCUT2D eigenvalue weighted by atomic mass is 16.3. The molecule has 2 N–H and O–H groups in total. The maximum atomic E-state index is 11.9. The first-order valence-electron chi connectivity index (χ1n) is 7.53. The fraction of sp³-hybridized carbons (Fsp3) is 0.588. The van der Waals surface area contributed by atoms with E-state index in [1.807, 2.05) is 0 Å². The summed E-state index contributed by atoms with van der Waals surface area (Å²) in [5, 5.41) is 12.2. The van der Waals surface area contributed by atoms with Gasteiger partial charge in [0.1, 0.15) is 0 Å². The van der Waals surface area contributed by atoms with Gasteiger partial charge >= 0.3 is 0 Å². The van der Waals surface area contributed by atoms with Gasteiger partial charge in [-0.05, 0) is 36.3 Å². The molecule has 0 heterocycles. The molecule has 1 atom stereocenters. The van der Waals surface area contributed by atoms with Gasteiger partial charge in [-0.25, -0.2) is 0 Å². The zero-order valence-corrected chi connectivity index (χ0v) is 12.9. The number of hydrogen-bond donors (Lipinski definition) is 2. The van der Waals surface area contributed by atoms with Gasteiger partial charge in [-0.3, -0.25) is 4.79 Å². The summed E-state index contributed by atoms with van der Waals surface area (Å²) in [6.45, 7) is 6.32. The van der Waals surface area contributed by atoms with Gasteiger partial charge in [0.15, 0.2) is 0 Å². The van der Waals surface area contributed by atoms with Crippen LogP contribution in [0.25, 0.3) is 0 Å². The van der Waals surface area contributed by atoms with Crippen molar-refractivity contribution in [2.45, 2.75) is 52.5 Å². The minimum atomic E-state index is -0.120. The Balaban J connectivity index is 2.37. The van der Waals surface area contributed by atoms with E-state index >= 15 is 0 Å². The first kappa shape index (κ1) is 16.7. The van der Waals surface area contributed by atoms with Gasteiger partial charge in [0, 0.05) is 6.42 Å². The number of carbonyl (C=O) groups is 1. The zero-order valence-electron chi connectivity index (χ0n) is 12.9. The van der Waals surface area contributed by atoms with Crippen molar-refractivity contribution in [1.29, 1.82) is 0 Å². The molecule has 0 aliphatic carbocycles. The van der Waals surface area contributed by atoms with Crippen molar-refractivity contribution < 1.29 is 9.90 Å². The standard InChI is InChI=1S/C17H27NO2/c1-4-14-5-7-15(8-6-14)9-10-17(20)18-16(12-19)11-13(2)3/h5-8,13,16,19H,4,9-12H2,1-3H3,(H,18,20). The summed E-state index contributed by atoms with van der Waals surface area (Å²) < 4.78 is 0. The molecule has 3 heteroatoms. The second kappa shape index (κ2) is 8.75. The van der Waals surface area contributed by atoms with E-state index in [1.165, 1.54) is 11.1 Å². The van der Waals surface area contributed by atoms with Gasteiger partial charge in [-0.2, -0.15) is 0 Å². The molecule has 0 aromatic heterocycles. The van der Waals surface area contributed by atoms with E-state index in [-0.39, 0.29) is 18.6 Å². The quantitative estimate of drug-likeness (QED) is 0.767. The second-order valence-electron chi connectivity index (χ2n) is 5.75. The maximum absolute atomic E-state index is 11.9. The Morgan fingerprint density at radius 2 is 1.80 bits per heavy atom. The predicted molar refractivity (Wildman–Crippen MR) is 82.6 cm³/mol. The molecule has 1 aromatic carbocycles. The highest BCUT2D eigenvalue weighted by Crippen LogP contribution is 2.08. The summed E-state index contributed by atoms with van der Waals surface area (Å²) in [5.41, 5.74) is 2.50. The van der Waals surface area contributed by atoms with Crippen LogP contribution in [0.3, 0.4) is 0 Å². The van der Waals surface area contributed by atoms with Gasteiger partial charge in [0.2, 0.25) is 5.91 Å². The number of amides is 1. The van der Waals surface area contributed by atoms with Crippen LogP contribution >= 0.6 is 0 Å². The van der Waals surface area contributed by atoms with Gasteiger partial charge in [0.25, 0.3) is 0 Å². The Kier molecular flexibility index (Phi) is 7.31. The molecule has 1 amide bonds. The molecule has 0 saturated heterocycles. The third kappa shape index (κ3) is 6.20. The molecular weight excluding hydrogens is 250 g/mol. The van der Waals surface area contributed by atoms with Crippen LogP contribution < -0.4 is 5.32 Å². The molecule has 112 valence electrons. The number of aliphatic hydroxyl groups is 1. The Bertz CT molecular complexity index is 398. The lowest BCUT2D eigenvalue weighted by Gasteiger charge is -2.18. The lowest BCUT2D eigenvalue weighted by molar-refractivity contribution is -0.122. The van der Waals surface area contributed by atoms with Crippen molar-refractivity contribution in [3.63, 3.8) is 0 Å². The van der Waals surface area contributed by atoms with E-state index in [1.54, 1.807) is 0 Å². The first-order valence-corrected chi connectivity index (χ1v) is 7.53. The first-order chi connectivity index (χ1) is 9.55. The summed E-state index contributed by atoms with van der Waals surface area (Å²) in [4.78, 5) is 11.9. The van der Waals surface area contributed by atoms with Crippen molar-refractivity contribution in [3.8, 4) is 0 Å². The predicted octanol–water partition coefficient (Wildman–Crippen LogP) is 2.70. The Hall–Kier alpha value is -1.35. The fourth-order valence-electron chi connectivity index (χ4n) is 2.25. The van der Waals surface area contributed by atoms with Crippen LogP contribution in [0.15, 0.2) is 24.3 Å². The van der Waals surface area contributed by atoms with Crippen molar-refractivity contribution in [3.05, 3.63) is 35.4 Å². The molecule has 0 fully saturated rings. The van der Waals surface area contributed by atoms with E-state index in [2.05, 4.69) is 50.4 Å². The number of rotatable bonds is 8. The Labute approximate surface area is 122 Å². The maximum Gasteiger partial charge on any atom is 0.220 e. The van der Waals surface area contributed by atoms with Crippen LogP contribution in [0.2, 0.25) is 0 Å². The average molecular weight is 277 g/mol. The van der Waals surface area contributed by atoms with Crippen LogP contribution in [0.1, 0.15) is 44.7 Å². The Morgan fingerprint density at radius 1 is 1.20 bits per heavy atom. The number of benzene rings is 1. The Morgan fingerprint density at radius 3 is 2.30 bits per heavy atom. The third-order valence-electron chi connectivity index (χ3n) is 3.41. The van der Waals surface area contributed by atoms with Crippen molar-refractivity contribution in [2.24, 2.45) is 5.92 Å². The monoisotopic (exact) mass is 277 g/mol. The molecule has 0 aliphatic heterocycles. The van der Waals surface area contributed by atoms with Gasteiger partial charge in [-0.15, -0.1) is 0 Å². The van der Waals surface area contributed by atoms with Crippen LogP contribution in [0.5, 0.6) is 0 Å². The number of aryl methyl sites for hydroxylation is 2. The largest absolute Gasteiger partial charge is 0.394 e. The molecule has 1 unspecified atom stereocenters. The lowest BCUT2D eigenvalue weighted by Crippen LogP contribution is -2.38. The van der Waals surface area contributed by atoms with Crippen LogP contribution in [0, 0.1) is 5.92 Å². The summed E-state index contributed by atoms with van der Waals surface area (Å²) >= 11 is 0. The molecular formula is C17H27NO2. The molecule has 1 aromatic rings. The highest BCUT2D eigenvalue weighted by molar-refractivity contribution is 5.76. The number of hydrogen-bond acceptors (Lipinski definition) is 2. The molecule has 0 bridgehead atoms. The minimum Gasteiger partial charge on any atom is -0.394 e. The molecule has 0 aliphatic rings. The molecule has 3 nitrogen and oxygen atoms in total. The number of carbonyl (C=O) groups excluding carboxylic acids is 1. The normalized spacial score (nSPS) is 12.4. The molecule has 0 radical (unpaired) electrons. The smallest absolute Gasteiger partial charge is 0.220 e. The van der Waals surface area contributed by atoms with Crippen molar-refractivity contribution >= 4 is 5.91 Å². The van der Waals surface area contributed by atoms with E-state index in [0.717, 1.165) is 19.3 Å². The van der Waals surface area contributed by atoms with Gasteiger partial charge in [0.05, 0.1) is 12.6 Å². The molecule has 20 heavy (non-hydrogen) atoms. The van der Waals surface area contributed by atoms with Crippen molar-refractivity contribution in [1.82, 2.24) is 5.32 Å². The molecule has 0 spiro atoms. The van der Waals surface area contributed by atoms with Gasteiger partial charge < -0.3 is 10.4 Å². The SMILES string of the molecule is CCc1ccc(CCC(=O)NC(CO)CC(C)C)cc1. The van der Waals surface area contributed by atoms with E-state index < -0.39 is 0 Å². The van der Waals surface area contributed by atoms with Crippen LogP contribution in [-0.4, -0.2) is 23.7 Å². The molecule has 1 rings (SSSR count). The number of nitrogens with one attached hydrogen (secondary N) is 1. The topological polar surface area (TPSA) is 49.3 Å². The number of aliphatic hydroxyl groups excluding tert-OH is 1. The summed E-state index contributed by atoms with van der Waals surface area (Å²) in [7, 11) is 0. The third-order valence-corrected chi connectivity index (χ3v) is 3.41. The van der Waals surface area contributed by atoms with E-state index in [4.69, 9.17) is 0 Å². The summed E-state index contributed by atoms with van der Waals surface area (Å²) in [6.07, 6.45) is 3.07. The van der Waals surface area contributed by atoms with E-state index in [9.17, 15) is 9.90 Å². The lowest BCUT2D eigenvalue weighted by atomic mass is 10.0. The van der Waals surface area contributed by atoms with Crippen molar-refractivity contribution in [2.75, 3.05) is 6.61 Å². The highest BCUT2D eigenvalue weighted by Gasteiger charge is 2.12. The van der Waals surface area contributed by atoms with E-state index in [0.29, 0.717) is 12.3 Å². The fourth-order valence-corrected chi connectivity index (χ4v) is 2.25. The second-order valence-corrected chi connectivity index (χ2v) is 5.75. The molecule has 0 saturated carbocycles. The zero-order chi connectivity index (χ0) is 15.0. The average Bonchev–Trinajstić information content (AvgIpc) is 2.44.